The molecule has 26 heavy (non-hydrogen) atoms. The van der Waals surface area contributed by atoms with Gasteiger partial charge in [0.15, 0.2) is 0 Å². The Bertz CT molecular complexity index is 587. The fraction of sp³-hybridized carbons (Fsp3) is 0.500. The van der Waals surface area contributed by atoms with Crippen molar-refractivity contribution in [1.29, 1.82) is 0 Å². The van der Waals surface area contributed by atoms with Gasteiger partial charge >= 0.3 is 13.3 Å². The van der Waals surface area contributed by atoms with E-state index in [1.807, 2.05) is 12.1 Å². The predicted octanol–water partition coefficient (Wildman–Crippen LogP) is 2.23. The smallest absolute Gasteiger partial charge is 0.427 e. The molecule has 1 atom stereocenters. The van der Waals surface area contributed by atoms with Crippen molar-refractivity contribution < 1.29 is 19.6 Å². The molecule has 0 spiro atoms. The molecular formula is C16H23BCl2N2O4S. The molecule has 1 unspecified atom stereocenters. The van der Waals surface area contributed by atoms with E-state index in [2.05, 4.69) is 5.32 Å². The molecule has 1 rings (SSSR count). The Hall–Kier alpha value is -0.985. The third kappa shape index (κ3) is 13.2. The summed E-state index contributed by atoms with van der Waals surface area (Å²) in [6.45, 7) is 0.726. The van der Waals surface area contributed by atoms with Gasteiger partial charge in [-0.05, 0) is 36.9 Å². The highest BCUT2D eigenvalue weighted by molar-refractivity contribution is 7.80. The van der Waals surface area contributed by atoms with Crippen LogP contribution in [0.1, 0.15) is 31.2 Å². The Morgan fingerprint density at radius 2 is 1.88 bits per heavy atom. The van der Waals surface area contributed by atoms with Crippen molar-refractivity contribution in [3.8, 4) is 0 Å². The SMILES string of the molecule is NC(CCCCB(O)O)CCNC(=S)Cc1ccc(Cl)c(Cl)c1.O=C=O. The van der Waals surface area contributed by atoms with E-state index in [0.717, 1.165) is 42.8 Å². The molecule has 0 fully saturated rings. The lowest BCUT2D eigenvalue weighted by molar-refractivity contribution is -0.191. The average Bonchev–Trinajstić information content (AvgIpc) is 2.55. The van der Waals surface area contributed by atoms with Gasteiger partial charge in [0, 0.05) is 19.0 Å². The van der Waals surface area contributed by atoms with Crippen molar-refractivity contribution in [2.75, 3.05) is 6.54 Å². The average molecular weight is 421 g/mol. The number of benzene rings is 1. The Balaban J connectivity index is 0.00000194. The molecule has 6 nitrogen and oxygen atoms in total. The Morgan fingerprint density at radius 1 is 1.23 bits per heavy atom. The van der Waals surface area contributed by atoms with Crippen molar-refractivity contribution in [2.24, 2.45) is 5.73 Å². The van der Waals surface area contributed by atoms with Crippen LogP contribution in [0.3, 0.4) is 0 Å². The van der Waals surface area contributed by atoms with Gasteiger partial charge in [0.2, 0.25) is 0 Å². The highest BCUT2D eigenvalue weighted by atomic mass is 35.5. The van der Waals surface area contributed by atoms with Gasteiger partial charge in [-0.25, -0.2) is 0 Å². The van der Waals surface area contributed by atoms with Crippen molar-refractivity contribution in [3.63, 3.8) is 0 Å². The van der Waals surface area contributed by atoms with E-state index >= 15 is 0 Å². The van der Waals surface area contributed by atoms with Crippen LogP contribution in [0.4, 0.5) is 0 Å². The van der Waals surface area contributed by atoms with Crippen molar-refractivity contribution >= 4 is 53.7 Å². The number of halogens is 2. The summed E-state index contributed by atoms with van der Waals surface area (Å²) in [6.07, 6.45) is 4.63. The van der Waals surface area contributed by atoms with Crippen LogP contribution in [0.2, 0.25) is 16.4 Å². The standard InChI is InChI=1S/C15H23BCl2N2O2S.CO2/c17-13-5-4-11(9-14(13)18)10-15(23)20-8-6-12(19)3-1-2-7-16(21)22;2-1-3/h4-5,9,12,21-22H,1-3,6-8,10,19H2,(H,20,23);. The van der Waals surface area contributed by atoms with Gasteiger partial charge < -0.3 is 21.1 Å². The number of hydrogen-bond acceptors (Lipinski definition) is 6. The fourth-order valence-corrected chi connectivity index (χ4v) is 2.76. The van der Waals surface area contributed by atoms with Crippen LogP contribution in [-0.4, -0.2) is 40.9 Å². The number of thiocarbonyl (C=S) groups is 1. The summed E-state index contributed by atoms with van der Waals surface area (Å²) in [5.41, 5.74) is 7.04. The lowest BCUT2D eigenvalue weighted by Gasteiger charge is -2.13. The Kier molecular flexibility index (Phi) is 14.5. The summed E-state index contributed by atoms with van der Waals surface area (Å²) in [5.74, 6) is 0. The third-order valence-electron chi connectivity index (χ3n) is 3.47. The summed E-state index contributed by atoms with van der Waals surface area (Å²) in [6, 6.07) is 5.58. The van der Waals surface area contributed by atoms with Crippen LogP contribution >= 0.6 is 35.4 Å². The first-order valence-corrected chi connectivity index (χ1v) is 9.28. The van der Waals surface area contributed by atoms with Gasteiger partial charge in [-0.3, -0.25) is 0 Å². The van der Waals surface area contributed by atoms with Gasteiger partial charge in [0.05, 0.1) is 15.0 Å². The zero-order valence-electron chi connectivity index (χ0n) is 14.3. The molecule has 1 aromatic rings. The second kappa shape index (κ2) is 15.1. The minimum Gasteiger partial charge on any atom is -0.427 e. The molecule has 5 N–H and O–H groups in total. The molecule has 1 aromatic carbocycles. The molecule has 0 aliphatic carbocycles. The van der Waals surface area contributed by atoms with Gasteiger partial charge in [-0.1, -0.05) is 54.3 Å². The maximum absolute atomic E-state index is 8.76. The Morgan fingerprint density at radius 3 is 2.46 bits per heavy atom. The van der Waals surface area contributed by atoms with Crippen molar-refractivity contribution in [2.45, 2.75) is 44.5 Å². The normalized spacial score (nSPS) is 11.0. The molecule has 0 saturated carbocycles. The van der Waals surface area contributed by atoms with E-state index in [4.69, 9.17) is 60.8 Å². The van der Waals surface area contributed by atoms with E-state index in [9.17, 15) is 0 Å². The molecule has 0 heterocycles. The lowest BCUT2D eigenvalue weighted by Crippen LogP contribution is -2.30. The highest BCUT2D eigenvalue weighted by Crippen LogP contribution is 2.22. The number of nitrogens with one attached hydrogen (secondary N) is 1. The van der Waals surface area contributed by atoms with E-state index in [1.165, 1.54) is 0 Å². The van der Waals surface area contributed by atoms with E-state index < -0.39 is 7.12 Å². The van der Waals surface area contributed by atoms with Crippen LogP contribution in [0, 0.1) is 0 Å². The van der Waals surface area contributed by atoms with Gasteiger partial charge in [-0.2, -0.15) is 9.59 Å². The second-order valence-corrected chi connectivity index (χ2v) is 6.98. The van der Waals surface area contributed by atoms with Gasteiger partial charge in [0.1, 0.15) is 0 Å². The number of hydrogen-bond donors (Lipinski definition) is 4. The maximum Gasteiger partial charge on any atom is 0.451 e. The largest absolute Gasteiger partial charge is 0.451 e. The first kappa shape index (κ1) is 25.0. The summed E-state index contributed by atoms with van der Waals surface area (Å²) in [7, 11) is -1.22. The third-order valence-corrected chi connectivity index (χ3v) is 4.50. The zero-order chi connectivity index (χ0) is 19.9. The molecule has 0 amide bonds. The number of carbonyl (C=O) groups excluding carboxylic acids is 2. The van der Waals surface area contributed by atoms with E-state index in [0.29, 0.717) is 22.8 Å². The topological polar surface area (TPSA) is 113 Å². The molecular weight excluding hydrogens is 398 g/mol. The summed E-state index contributed by atoms with van der Waals surface area (Å²) in [4.78, 5) is 17.0. The maximum atomic E-state index is 8.76. The van der Waals surface area contributed by atoms with E-state index in [-0.39, 0.29) is 12.2 Å². The monoisotopic (exact) mass is 420 g/mol. The minimum absolute atomic E-state index is 0.0890. The van der Waals surface area contributed by atoms with Crippen LogP contribution in [0.25, 0.3) is 0 Å². The fourth-order valence-electron chi connectivity index (χ4n) is 2.17. The lowest BCUT2D eigenvalue weighted by atomic mass is 9.83. The molecule has 10 heteroatoms. The summed E-state index contributed by atoms with van der Waals surface area (Å²) < 4.78 is 0. The van der Waals surface area contributed by atoms with Crippen LogP contribution < -0.4 is 11.1 Å². The zero-order valence-corrected chi connectivity index (χ0v) is 16.6. The number of rotatable bonds is 10. The molecule has 0 radical (unpaired) electrons. The van der Waals surface area contributed by atoms with Crippen LogP contribution in [-0.2, 0) is 16.0 Å². The second-order valence-electron chi connectivity index (χ2n) is 5.67. The van der Waals surface area contributed by atoms with Gasteiger partial charge in [-0.15, -0.1) is 0 Å². The first-order valence-electron chi connectivity index (χ1n) is 8.11. The summed E-state index contributed by atoms with van der Waals surface area (Å²) in [5, 5.41) is 21.8. The first-order chi connectivity index (χ1) is 12.3. The highest BCUT2D eigenvalue weighted by Gasteiger charge is 2.08. The van der Waals surface area contributed by atoms with Crippen molar-refractivity contribution in [1.82, 2.24) is 5.32 Å². The molecule has 0 aliphatic rings. The Labute approximate surface area is 169 Å². The molecule has 0 aromatic heterocycles. The van der Waals surface area contributed by atoms with Crippen molar-refractivity contribution in [3.05, 3.63) is 33.8 Å². The van der Waals surface area contributed by atoms with Crippen LogP contribution in [0.15, 0.2) is 18.2 Å². The van der Waals surface area contributed by atoms with E-state index in [1.54, 1.807) is 6.07 Å². The minimum atomic E-state index is -1.22. The molecule has 144 valence electrons. The quantitative estimate of drug-likeness (QED) is 0.260. The molecule has 0 saturated heterocycles. The van der Waals surface area contributed by atoms with Crippen LogP contribution in [0.5, 0.6) is 0 Å². The number of nitrogens with two attached hydrogens (primary N) is 1. The summed E-state index contributed by atoms with van der Waals surface area (Å²) >= 11 is 17.2. The molecule has 0 bridgehead atoms. The van der Waals surface area contributed by atoms with Gasteiger partial charge in [0.25, 0.3) is 0 Å². The predicted molar refractivity (Wildman–Crippen MR) is 107 cm³/mol. The molecule has 0 aliphatic heterocycles. The number of unbranched alkanes of at least 4 members (excludes halogenated alkanes) is 1.